The Balaban J connectivity index is 4.10. The summed E-state index contributed by atoms with van der Waals surface area (Å²) in [7, 11) is 0. The SMILES string of the molecule is CCC=CN(C=CCC)C=CCC. The van der Waals surface area contributed by atoms with E-state index in [2.05, 4.69) is 62.5 Å². The number of nitrogens with zero attached hydrogens (tertiary/aromatic N) is 1. The summed E-state index contributed by atoms with van der Waals surface area (Å²) >= 11 is 0. The lowest BCUT2D eigenvalue weighted by atomic mass is 10.4. The van der Waals surface area contributed by atoms with Gasteiger partial charge in [-0.2, -0.15) is 0 Å². The molecule has 0 N–H and O–H groups in total. The quantitative estimate of drug-likeness (QED) is 0.594. The van der Waals surface area contributed by atoms with Gasteiger partial charge < -0.3 is 4.90 Å². The Kier molecular flexibility index (Phi) is 8.42. The molecule has 0 saturated heterocycles. The smallest absolute Gasteiger partial charge is 0.00416 e. The van der Waals surface area contributed by atoms with Crippen LogP contribution in [0.3, 0.4) is 0 Å². The molecule has 0 amide bonds. The maximum absolute atomic E-state index is 2.15. The van der Waals surface area contributed by atoms with E-state index in [1.54, 1.807) is 0 Å². The summed E-state index contributed by atoms with van der Waals surface area (Å²) < 4.78 is 0. The van der Waals surface area contributed by atoms with Gasteiger partial charge in [-0.1, -0.05) is 39.0 Å². The molecule has 13 heavy (non-hydrogen) atoms. The van der Waals surface area contributed by atoms with Crippen molar-refractivity contribution in [2.75, 3.05) is 0 Å². The van der Waals surface area contributed by atoms with E-state index in [4.69, 9.17) is 0 Å². The fraction of sp³-hybridized carbons (Fsp3) is 0.500. The van der Waals surface area contributed by atoms with Gasteiger partial charge in [0.05, 0.1) is 0 Å². The average Bonchev–Trinajstić information content (AvgIpc) is 2.17. The van der Waals surface area contributed by atoms with Crippen LogP contribution in [0.2, 0.25) is 0 Å². The first kappa shape index (κ1) is 12.0. The minimum absolute atomic E-state index is 1.08. The predicted molar refractivity (Wildman–Crippen MR) is 60.1 cm³/mol. The highest BCUT2D eigenvalue weighted by Gasteiger charge is 1.84. The topological polar surface area (TPSA) is 3.24 Å². The summed E-state index contributed by atoms with van der Waals surface area (Å²) in [5, 5.41) is 0. The Labute approximate surface area is 82.4 Å². The molecule has 0 aromatic heterocycles. The largest absolute Gasteiger partial charge is 0.332 e. The molecule has 0 aliphatic carbocycles. The summed E-state index contributed by atoms with van der Waals surface area (Å²) in [6, 6.07) is 0. The summed E-state index contributed by atoms with van der Waals surface area (Å²) in [6.07, 6.45) is 16.0. The van der Waals surface area contributed by atoms with E-state index in [1.165, 1.54) is 0 Å². The van der Waals surface area contributed by atoms with E-state index >= 15 is 0 Å². The molecule has 74 valence electrons. The summed E-state index contributed by atoms with van der Waals surface area (Å²) in [4.78, 5) is 2.09. The van der Waals surface area contributed by atoms with Crippen LogP contribution in [-0.2, 0) is 0 Å². The van der Waals surface area contributed by atoms with E-state index < -0.39 is 0 Å². The minimum Gasteiger partial charge on any atom is -0.332 e. The lowest BCUT2D eigenvalue weighted by molar-refractivity contribution is 0.681. The van der Waals surface area contributed by atoms with Gasteiger partial charge in [0.15, 0.2) is 0 Å². The van der Waals surface area contributed by atoms with Crippen LogP contribution in [0.4, 0.5) is 0 Å². The van der Waals surface area contributed by atoms with Crippen molar-refractivity contribution >= 4 is 0 Å². The van der Waals surface area contributed by atoms with Gasteiger partial charge >= 0.3 is 0 Å². The van der Waals surface area contributed by atoms with E-state index in [0.717, 1.165) is 19.3 Å². The highest BCUT2D eigenvalue weighted by molar-refractivity contribution is 4.98. The Morgan fingerprint density at radius 1 is 0.692 bits per heavy atom. The van der Waals surface area contributed by atoms with E-state index in [9.17, 15) is 0 Å². The number of hydrogen-bond donors (Lipinski definition) is 0. The molecule has 0 heterocycles. The van der Waals surface area contributed by atoms with Crippen LogP contribution in [0, 0.1) is 0 Å². The molecule has 0 aromatic carbocycles. The van der Waals surface area contributed by atoms with Gasteiger partial charge in [0.25, 0.3) is 0 Å². The number of allylic oxidation sites excluding steroid dienone is 3. The standard InChI is InChI=1S/C12H21N/c1-4-7-10-13(11-8-5-2)12-9-6-3/h7-12H,4-6H2,1-3H3. The summed E-state index contributed by atoms with van der Waals surface area (Å²) in [6.45, 7) is 6.42. The molecule has 0 aromatic rings. The molecule has 0 spiro atoms. The van der Waals surface area contributed by atoms with Gasteiger partial charge in [-0.3, -0.25) is 0 Å². The van der Waals surface area contributed by atoms with Crippen molar-refractivity contribution < 1.29 is 0 Å². The van der Waals surface area contributed by atoms with Crippen LogP contribution in [0.5, 0.6) is 0 Å². The zero-order valence-electron chi connectivity index (χ0n) is 9.03. The van der Waals surface area contributed by atoms with Crippen molar-refractivity contribution in [2.45, 2.75) is 40.0 Å². The van der Waals surface area contributed by atoms with Gasteiger partial charge in [0.1, 0.15) is 0 Å². The van der Waals surface area contributed by atoms with Crippen LogP contribution in [0.15, 0.2) is 36.8 Å². The molecule has 0 atom stereocenters. The Bertz CT molecular complexity index is 144. The Hall–Kier alpha value is -0.980. The third kappa shape index (κ3) is 7.38. The lowest BCUT2D eigenvalue weighted by Gasteiger charge is -2.08. The maximum Gasteiger partial charge on any atom is 0.00416 e. The molecule has 0 fully saturated rings. The van der Waals surface area contributed by atoms with E-state index in [-0.39, 0.29) is 0 Å². The van der Waals surface area contributed by atoms with Crippen molar-refractivity contribution in [3.8, 4) is 0 Å². The molecule has 0 bridgehead atoms. The second-order valence-electron chi connectivity index (χ2n) is 2.83. The van der Waals surface area contributed by atoms with Crippen molar-refractivity contribution in [3.05, 3.63) is 36.8 Å². The molecule has 0 aliphatic heterocycles. The molecular weight excluding hydrogens is 158 g/mol. The molecular formula is C12H21N. The lowest BCUT2D eigenvalue weighted by Crippen LogP contribution is -1.98. The average molecular weight is 179 g/mol. The van der Waals surface area contributed by atoms with Gasteiger partial charge in [-0.05, 0) is 19.3 Å². The zero-order valence-corrected chi connectivity index (χ0v) is 9.03. The fourth-order valence-corrected chi connectivity index (χ4v) is 0.830. The molecule has 1 nitrogen and oxygen atoms in total. The monoisotopic (exact) mass is 179 g/mol. The molecule has 0 radical (unpaired) electrons. The molecule has 0 unspecified atom stereocenters. The second-order valence-corrected chi connectivity index (χ2v) is 2.83. The first-order chi connectivity index (χ1) is 6.35. The zero-order chi connectivity index (χ0) is 9.94. The summed E-state index contributed by atoms with van der Waals surface area (Å²) in [5.74, 6) is 0. The van der Waals surface area contributed by atoms with Crippen molar-refractivity contribution in [1.82, 2.24) is 4.90 Å². The van der Waals surface area contributed by atoms with Crippen molar-refractivity contribution in [3.63, 3.8) is 0 Å². The first-order valence-electron chi connectivity index (χ1n) is 5.12. The molecule has 1 heteroatoms. The third-order valence-electron chi connectivity index (χ3n) is 1.54. The fourth-order valence-electron chi connectivity index (χ4n) is 0.830. The Morgan fingerprint density at radius 3 is 1.23 bits per heavy atom. The van der Waals surface area contributed by atoms with E-state index in [0.29, 0.717) is 0 Å². The molecule has 0 saturated carbocycles. The normalized spacial score (nSPS) is 12.2. The molecule has 0 aliphatic rings. The van der Waals surface area contributed by atoms with Gasteiger partial charge in [0, 0.05) is 18.6 Å². The molecule has 0 rings (SSSR count). The van der Waals surface area contributed by atoms with Crippen LogP contribution < -0.4 is 0 Å². The minimum atomic E-state index is 1.08. The van der Waals surface area contributed by atoms with Gasteiger partial charge in [-0.15, -0.1) is 0 Å². The van der Waals surface area contributed by atoms with Crippen LogP contribution in [0.25, 0.3) is 0 Å². The summed E-state index contributed by atoms with van der Waals surface area (Å²) in [5.41, 5.74) is 0. The highest BCUT2D eigenvalue weighted by atomic mass is 15.1. The van der Waals surface area contributed by atoms with E-state index in [1.807, 2.05) is 0 Å². The number of rotatable bonds is 6. The number of hydrogen-bond acceptors (Lipinski definition) is 1. The highest BCUT2D eigenvalue weighted by Crippen LogP contribution is 1.97. The predicted octanol–water partition coefficient (Wildman–Crippen LogP) is 4.06. The van der Waals surface area contributed by atoms with Gasteiger partial charge in [-0.25, -0.2) is 0 Å². The van der Waals surface area contributed by atoms with Crippen LogP contribution >= 0.6 is 0 Å². The third-order valence-corrected chi connectivity index (χ3v) is 1.54. The van der Waals surface area contributed by atoms with Crippen LogP contribution in [0.1, 0.15) is 40.0 Å². The van der Waals surface area contributed by atoms with Crippen molar-refractivity contribution in [1.29, 1.82) is 0 Å². The van der Waals surface area contributed by atoms with Crippen LogP contribution in [-0.4, -0.2) is 4.90 Å². The second kappa shape index (κ2) is 9.11. The first-order valence-corrected chi connectivity index (χ1v) is 5.12. The van der Waals surface area contributed by atoms with Crippen molar-refractivity contribution in [2.24, 2.45) is 0 Å². The maximum atomic E-state index is 2.15. The van der Waals surface area contributed by atoms with Gasteiger partial charge in [0.2, 0.25) is 0 Å². The Morgan fingerprint density at radius 2 is 1.00 bits per heavy atom.